The molecule has 0 aromatic rings. The second-order valence-electron chi connectivity index (χ2n) is 2.02. The summed E-state index contributed by atoms with van der Waals surface area (Å²) >= 11 is 0. The lowest BCUT2D eigenvalue weighted by atomic mass is 10.0. The molecule has 0 bridgehead atoms. The predicted molar refractivity (Wildman–Crippen MR) is 44.6 cm³/mol. The summed E-state index contributed by atoms with van der Waals surface area (Å²) in [5.41, 5.74) is -0.572. The van der Waals surface area contributed by atoms with E-state index in [4.69, 9.17) is 0 Å². The fourth-order valence-electron chi connectivity index (χ4n) is 0.482. The summed E-state index contributed by atoms with van der Waals surface area (Å²) in [6.45, 7) is 9.52. The summed E-state index contributed by atoms with van der Waals surface area (Å²) in [6, 6.07) is 0. The van der Waals surface area contributed by atoms with E-state index in [-0.39, 0.29) is 17.4 Å². The highest BCUT2D eigenvalue weighted by Gasteiger charge is 2.14. The molecule has 0 rings (SSSR count). The molecule has 3 nitrogen and oxygen atoms in total. The molecular formula is C9H8O3. The van der Waals surface area contributed by atoms with E-state index in [9.17, 15) is 14.4 Å². The zero-order chi connectivity index (χ0) is 9.72. The second kappa shape index (κ2) is 4.18. The fraction of sp³-hybridized carbons (Fsp3) is 0. The number of rotatable bonds is 5. The van der Waals surface area contributed by atoms with Crippen molar-refractivity contribution in [3.05, 3.63) is 37.0 Å². The van der Waals surface area contributed by atoms with E-state index >= 15 is 0 Å². The van der Waals surface area contributed by atoms with Gasteiger partial charge in [0.05, 0.1) is 11.1 Å². The Kier molecular flexibility index (Phi) is 3.56. The topological polar surface area (TPSA) is 51.2 Å². The molecule has 0 aliphatic heterocycles. The number of aldehydes is 1. The molecule has 0 aliphatic rings. The minimum Gasteiger partial charge on any atom is -0.298 e. The first kappa shape index (κ1) is 10.2. The van der Waals surface area contributed by atoms with Crippen molar-refractivity contribution in [3.63, 3.8) is 0 Å². The van der Waals surface area contributed by atoms with Gasteiger partial charge in [-0.25, -0.2) is 0 Å². The molecule has 0 amide bonds. The Balaban J connectivity index is 4.62. The SMILES string of the molecule is C=CC(=O)C(=C)C(=O)C(=C)C=O. The number of carbonyl (C=O) groups excluding carboxylic acids is 3. The van der Waals surface area contributed by atoms with Crippen LogP contribution in [0.3, 0.4) is 0 Å². The van der Waals surface area contributed by atoms with Gasteiger partial charge < -0.3 is 0 Å². The Hall–Kier alpha value is -1.77. The highest BCUT2D eigenvalue weighted by molar-refractivity contribution is 6.32. The third kappa shape index (κ3) is 2.12. The number of ketones is 2. The van der Waals surface area contributed by atoms with Crippen LogP contribution in [0.1, 0.15) is 0 Å². The predicted octanol–water partition coefficient (Wildman–Crippen LogP) is 0.622. The van der Waals surface area contributed by atoms with Gasteiger partial charge in [-0.05, 0) is 6.08 Å². The van der Waals surface area contributed by atoms with Crippen molar-refractivity contribution < 1.29 is 14.4 Å². The molecule has 0 aromatic carbocycles. The van der Waals surface area contributed by atoms with Gasteiger partial charge >= 0.3 is 0 Å². The molecule has 0 fully saturated rings. The lowest BCUT2D eigenvalue weighted by molar-refractivity contribution is -0.118. The van der Waals surface area contributed by atoms with E-state index in [1.807, 2.05) is 0 Å². The average Bonchev–Trinajstić information content (AvgIpc) is 2.12. The van der Waals surface area contributed by atoms with Gasteiger partial charge in [0.1, 0.15) is 0 Å². The maximum atomic E-state index is 11.0. The minimum absolute atomic E-state index is 0.282. The van der Waals surface area contributed by atoms with Crippen molar-refractivity contribution in [1.29, 1.82) is 0 Å². The molecule has 12 heavy (non-hydrogen) atoms. The molecule has 0 atom stereocenters. The molecule has 0 saturated carbocycles. The molecule has 62 valence electrons. The van der Waals surface area contributed by atoms with E-state index in [1.54, 1.807) is 0 Å². The van der Waals surface area contributed by atoms with Crippen LogP contribution in [0, 0.1) is 0 Å². The minimum atomic E-state index is -0.741. The lowest BCUT2D eigenvalue weighted by Crippen LogP contribution is -2.11. The van der Waals surface area contributed by atoms with E-state index in [1.165, 1.54) is 0 Å². The van der Waals surface area contributed by atoms with Crippen LogP contribution in [0.25, 0.3) is 0 Å². The fourth-order valence-corrected chi connectivity index (χ4v) is 0.482. The van der Waals surface area contributed by atoms with Gasteiger partial charge in [-0.1, -0.05) is 19.7 Å². The zero-order valence-electron chi connectivity index (χ0n) is 6.50. The normalized spacial score (nSPS) is 8.33. The first-order valence-electron chi connectivity index (χ1n) is 3.09. The molecule has 0 heterocycles. The third-order valence-corrected chi connectivity index (χ3v) is 1.19. The maximum Gasteiger partial charge on any atom is 0.199 e. The van der Waals surface area contributed by atoms with Crippen LogP contribution >= 0.6 is 0 Å². The highest BCUT2D eigenvalue weighted by atomic mass is 16.2. The largest absolute Gasteiger partial charge is 0.298 e. The monoisotopic (exact) mass is 164 g/mol. The van der Waals surface area contributed by atoms with Crippen LogP contribution in [-0.2, 0) is 14.4 Å². The van der Waals surface area contributed by atoms with Crippen molar-refractivity contribution in [2.45, 2.75) is 0 Å². The Morgan fingerprint density at radius 1 is 1.17 bits per heavy atom. The molecule has 0 aromatic heterocycles. The summed E-state index contributed by atoms with van der Waals surface area (Å²) in [6.07, 6.45) is 1.24. The molecule has 3 heteroatoms. The van der Waals surface area contributed by atoms with Crippen molar-refractivity contribution in [1.82, 2.24) is 0 Å². The van der Waals surface area contributed by atoms with Crippen molar-refractivity contribution in [3.8, 4) is 0 Å². The number of hydrogen-bond donors (Lipinski definition) is 0. The van der Waals surface area contributed by atoms with Gasteiger partial charge in [-0.15, -0.1) is 0 Å². The zero-order valence-corrected chi connectivity index (χ0v) is 6.50. The average molecular weight is 164 g/mol. The van der Waals surface area contributed by atoms with Crippen molar-refractivity contribution in [2.75, 3.05) is 0 Å². The standard InChI is InChI=1S/C9H8O3/c1-4-8(11)7(3)9(12)6(2)5-10/h4-5H,1-3H2. The molecule has 0 aliphatic carbocycles. The van der Waals surface area contributed by atoms with Gasteiger partial charge in [0.15, 0.2) is 17.9 Å². The van der Waals surface area contributed by atoms with Gasteiger partial charge in [0.2, 0.25) is 0 Å². The second-order valence-corrected chi connectivity index (χ2v) is 2.02. The maximum absolute atomic E-state index is 11.0. The van der Waals surface area contributed by atoms with E-state index in [2.05, 4.69) is 19.7 Å². The quantitative estimate of drug-likeness (QED) is 0.259. The number of Topliss-reactive ketones (excluding diaryl/α,β-unsaturated/α-hetero) is 1. The summed E-state index contributed by atoms with van der Waals surface area (Å²) in [7, 11) is 0. The summed E-state index contributed by atoms with van der Waals surface area (Å²) in [5.74, 6) is -1.34. The number of hydrogen-bond acceptors (Lipinski definition) is 3. The Bertz CT molecular complexity index is 254. The van der Waals surface area contributed by atoms with Crippen LogP contribution in [-0.4, -0.2) is 17.9 Å². The van der Waals surface area contributed by atoms with Crippen molar-refractivity contribution in [2.24, 2.45) is 0 Å². The molecule has 0 N–H and O–H groups in total. The Morgan fingerprint density at radius 3 is 2.00 bits per heavy atom. The van der Waals surface area contributed by atoms with Gasteiger partial charge in [-0.3, -0.25) is 14.4 Å². The van der Waals surface area contributed by atoms with Crippen LogP contribution in [0.4, 0.5) is 0 Å². The van der Waals surface area contributed by atoms with Crippen molar-refractivity contribution >= 4 is 17.9 Å². The third-order valence-electron chi connectivity index (χ3n) is 1.19. The molecule has 0 radical (unpaired) electrons. The Labute approximate surface area is 70.1 Å². The number of allylic oxidation sites excluding steroid dienone is 3. The number of carbonyl (C=O) groups is 3. The van der Waals surface area contributed by atoms with Crippen LogP contribution in [0.5, 0.6) is 0 Å². The summed E-state index contributed by atoms with van der Waals surface area (Å²) < 4.78 is 0. The Morgan fingerprint density at radius 2 is 1.67 bits per heavy atom. The van der Waals surface area contributed by atoms with Crippen LogP contribution < -0.4 is 0 Å². The molecule has 0 spiro atoms. The van der Waals surface area contributed by atoms with E-state index in [0.29, 0.717) is 0 Å². The highest BCUT2D eigenvalue weighted by Crippen LogP contribution is 2.01. The molecular weight excluding hydrogens is 156 g/mol. The van der Waals surface area contributed by atoms with Gasteiger partial charge in [-0.2, -0.15) is 0 Å². The smallest absolute Gasteiger partial charge is 0.199 e. The molecule has 0 unspecified atom stereocenters. The summed E-state index contributed by atoms with van der Waals surface area (Å²) in [4.78, 5) is 31.8. The van der Waals surface area contributed by atoms with Crippen LogP contribution in [0.15, 0.2) is 37.0 Å². The van der Waals surface area contributed by atoms with Gasteiger partial charge in [0.25, 0.3) is 0 Å². The van der Waals surface area contributed by atoms with E-state index in [0.717, 1.165) is 6.08 Å². The molecule has 0 saturated heterocycles. The van der Waals surface area contributed by atoms with Gasteiger partial charge in [0, 0.05) is 0 Å². The summed E-state index contributed by atoms with van der Waals surface area (Å²) in [5, 5.41) is 0. The van der Waals surface area contributed by atoms with Crippen LogP contribution in [0.2, 0.25) is 0 Å². The first-order valence-corrected chi connectivity index (χ1v) is 3.09. The van der Waals surface area contributed by atoms with E-state index < -0.39 is 11.6 Å². The first-order chi connectivity index (χ1) is 5.54. The lowest BCUT2D eigenvalue weighted by Gasteiger charge is -1.96.